The predicted octanol–water partition coefficient (Wildman–Crippen LogP) is 2.06. The highest BCUT2D eigenvalue weighted by atomic mass is 32.1. The SMILES string of the molecule is NC(=S)C1(NC(=O)COCC(F)(F)F)CCCCCC1. The summed E-state index contributed by atoms with van der Waals surface area (Å²) in [7, 11) is 0. The summed E-state index contributed by atoms with van der Waals surface area (Å²) in [5, 5.41) is 2.66. The number of hydrogen-bond acceptors (Lipinski definition) is 3. The van der Waals surface area contributed by atoms with Gasteiger partial charge in [-0.25, -0.2) is 0 Å². The summed E-state index contributed by atoms with van der Waals surface area (Å²) >= 11 is 5.02. The lowest BCUT2D eigenvalue weighted by Gasteiger charge is -2.32. The van der Waals surface area contributed by atoms with Gasteiger partial charge in [-0.3, -0.25) is 4.79 Å². The largest absolute Gasteiger partial charge is 0.411 e. The monoisotopic (exact) mass is 312 g/mol. The topological polar surface area (TPSA) is 64.3 Å². The van der Waals surface area contributed by atoms with Crippen molar-refractivity contribution in [3.05, 3.63) is 0 Å². The third kappa shape index (κ3) is 5.62. The first-order valence-corrected chi connectivity index (χ1v) is 6.91. The molecule has 116 valence electrons. The van der Waals surface area contributed by atoms with Crippen LogP contribution in [0.1, 0.15) is 38.5 Å². The van der Waals surface area contributed by atoms with E-state index in [1.807, 2.05) is 0 Å². The lowest BCUT2D eigenvalue weighted by molar-refractivity contribution is -0.175. The summed E-state index contributed by atoms with van der Waals surface area (Å²) in [6.45, 7) is -2.09. The van der Waals surface area contributed by atoms with Gasteiger partial charge in [-0.2, -0.15) is 13.2 Å². The molecule has 0 aromatic rings. The van der Waals surface area contributed by atoms with Crippen LogP contribution in [0.25, 0.3) is 0 Å². The summed E-state index contributed by atoms with van der Waals surface area (Å²) in [6.07, 6.45) is 0.613. The summed E-state index contributed by atoms with van der Waals surface area (Å²) in [5.74, 6) is -0.621. The molecular formula is C12H19F3N2O2S. The molecule has 20 heavy (non-hydrogen) atoms. The zero-order valence-electron chi connectivity index (χ0n) is 11.1. The molecule has 0 unspecified atom stereocenters. The molecule has 4 nitrogen and oxygen atoms in total. The normalized spacial score (nSPS) is 19.1. The Morgan fingerprint density at radius 1 is 1.25 bits per heavy atom. The number of carbonyl (C=O) groups excluding carboxylic acids is 1. The van der Waals surface area contributed by atoms with Gasteiger partial charge in [0.05, 0.1) is 10.5 Å². The van der Waals surface area contributed by atoms with Crippen LogP contribution in [0.15, 0.2) is 0 Å². The Morgan fingerprint density at radius 3 is 2.25 bits per heavy atom. The van der Waals surface area contributed by atoms with E-state index in [4.69, 9.17) is 18.0 Å². The fourth-order valence-electron chi connectivity index (χ4n) is 2.33. The number of alkyl halides is 3. The number of amides is 1. The summed E-state index contributed by atoms with van der Waals surface area (Å²) in [5.41, 5.74) is 4.93. The van der Waals surface area contributed by atoms with Crippen LogP contribution >= 0.6 is 12.2 Å². The van der Waals surface area contributed by atoms with E-state index in [1.54, 1.807) is 0 Å². The maximum atomic E-state index is 11.9. The van der Waals surface area contributed by atoms with Crippen LogP contribution in [0.3, 0.4) is 0 Å². The Morgan fingerprint density at radius 2 is 1.80 bits per heavy atom. The molecule has 0 aromatic carbocycles. The van der Waals surface area contributed by atoms with Gasteiger partial charge in [-0.15, -0.1) is 0 Å². The molecule has 0 spiro atoms. The van der Waals surface area contributed by atoms with Crippen LogP contribution in [-0.2, 0) is 9.53 Å². The van der Waals surface area contributed by atoms with Gasteiger partial charge in [0.1, 0.15) is 13.2 Å². The highest BCUT2D eigenvalue weighted by molar-refractivity contribution is 7.80. The van der Waals surface area contributed by atoms with Crippen LogP contribution in [0.2, 0.25) is 0 Å². The van der Waals surface area contributed by atoms with E-state index < -0.39 is 30.8 Å². The number of carbonyl (C=O) groups is 1. The first kappa shape index (κ1) is 17.2. The maximum absolute atomic E-state index is 11.9. The molecule has 1 aliphatic rings. The zero-order chi connectivity index (χ0) is 15.2. The number of ether oxygens (including phenoxy) is 1. The van der Waals surface area contributed by atoms with Crippen molar-refractivity contribution < 1.29 is 22.7 Å². The van der Waals surface area contributed by atoms with Gasteiger partial charge < -0.3 is 15.8 Å². The van der Waals surface area contributed by atoms with Crippen LogP contribution in [-0.4, -0.2) is 35.8 Å². The van der Waals surface area contributed by atoms with Crippen LogP contribution in [0.5, 0.6) is 0 Å². The van der Waals surface area contributed by atoms with E-state index in [-0.39, 0.29) is 4.99 Å². The van der Waals surface area contributed by atoms with Gasteiger partial charge in [0, 0.05) is 0 Å². The van der Waals surface area contributed by atoms with E-state index >= 15 is 0 Å². The molecule has 1 rings (SSSR count). The molecule has 1 saturated carbocycles. The van der Waals surface area contributed by atoms with Gasteiger partial charge in [0.25, 0.3) is 0 Å². The second-order valence-electron chi connectivity index (χ2n) is 5.02. The molecule has 1 amide bonds. The highest BCUT2D eigenvalue weighted by Crippen LogP contribution is 2.27. The molecule has 1 fully saturated rings. The second-order valence-corrected chi connectivity index (χ2v) is 5.46. The van der Waals surface area contributed by atoms with Crippen molar-refractivity contribution in [2.24, 2.45) is 5.73 Å². The smallest absolute Gasteiger partial charge is 0.391 e. The van der Waals surface area contributed by atoms with Crippen LogP contribution < -0.4 is 11.1 Å². The van der Waals surface area contributed by atoms with E-state index in [9.17, 15) is 18.0 Å². The van der Waals surface area contributed by atoms with E-state index in [2.05, 4.69) is 10.1 Å². The molecule has 0 bridgehead atoms. The number of rotatable bonds is 5. The van der Waals surface area contributed by atoms with E-state index in [0.29, 0.717) is 12.8 Å². The minimum atomic E-state index is -4.44. The van der Waals surface area contributed by atoms with Gasteiger partial charge in [0.15, 0.2) is 0 Å². The third-order valence-electron chi connectivity index (χ3n) is 3.31. The Kier molecular flexibility index (Phi) is 6.19. The van der Waals surface area contributed by atoms with Crippen molar-refractivity contribution >= 4 is 23.1 Å². The predicted molar refractivity (Wildman–Crippen MR) is 72.2 cm³/mol. The molecule has 0 saturated heterocycles. The van der Waals surface area contributed by atoms with Gasteiger partial charge in [-0.05, 0) is 12.8 Å². The van der Waals surface area contributed by atoms with E-state index in [1.165, 1.54) is 0 Å². The van der Waals surface area contributed by atoms with Crippen molar-refractivity contribution in [3.63, 3.8) is 0 Å². The molecular weight excluding hydrogens is 293 g/mol. The molecule has 0 aromatic heterocycles. The fourth-order valence-corrected chi connectivity index (χ4v) is 2.58. The highest BCUT2D eigenvalue weighted by Gasteiger charge is 2.35. The lowest BCUT2D eigenvalue weighted by atomic mass is 9.90. The molecule has 0 heterocycles. The van der Waals surface area contributed by atoms with Crippen molar-refractivity contribution in [3.8, 4) is 0 Å². The molecule has 8 heteroatoms. The zero-order valence-corrected chi connectivity index (χ0v) is 11.9. The lowest BCUT2D eigenvalue weighted by Crippen LogP contribution is -2.57. The van der Waals surface area contributed by atoms with Crippen molar-refractivity contribution in [1.29, 1.82) is 0 Å². The summed E-state index contributed by atoms with van der Waals surface area (Å²) in [6, 6.07) is 0. The maximum Gasteiger partial charge on any atom is 0.411 e. The van der Waals surface area contributed by atoms with Gasteiger partial charge in [0.2, 0.25) is 5.91 Å². The Balaban J connectivity index is 2.53. The van der Waals surface area contributed by atoms with Crippen LogP contribution in [0, 0.1) is 0 Å². The van der Waals surface area contributed by atoms with Crippen LogP contribution in [0.4, 0.5) is 13.2 Å². The molecule has 0 atom stereocenters. The quantitative estimate of drug-likeness (QED) is 0.602. The van der Waals surface area contributed by atoms with Crippen molar-refractivity contribution in [1.82, 2.24) is 5.32 Å². The Labute approximate surface area is 121 Å². The minimum Gasteiger partial charge on any atom is -0.391 e. The third-order valence-corrected chi connectivity index (χ3v) is 3.70. The number of halogens is 3. The number of nitrogens with two attached hydrogens (primary N) is 1. The fraction of sp³-hybridized carbons (Fsp3) is 0.833. The van der Waals surface area contributed by atoms with Crippen molar-refractivity contribution in [2.45, 2.75) is 50.2 Å². The summed E-state index contributed by atoms with van der Waals surface area (Å²) in [4.78, 5) is 11.9. The minimum absolute atomic E-state index is 0.184. The van der Waals surface area contributed by atoms with Gasteiger partial charge in [-0.1, -0.05) is 37.9 Å². The number of thiocarbonyl (C=S) groups is 1. The first-order chi connectivity index (χ1) is 9.25. The second kappa shape index (κ2) is 7.21. The van der Waals surface area contributed by atoms with E-state index in [0.717, 1.165) is 25.7 Å². The Hall–Kier alpha value is -0.890. The first-order valence-electron chi connectivity index (χ1n) is 6.51. The van der Waals surface area contributed by atoms with Gasteiger partial charge >= 0.3 is 6.18 Å². The average Bonchev–Trinajstić information content (AvgIpc) is 2.53. The Bertz CT molecular complexity index is 353. The molecule has 0 radical (unpaired) electrons. The molecule has 3 N–H and O–H groups in total. The molecule has 0 aliphatic heterocycles. The number of hydrogen-bond donors (Lipinski definition) is 2. The standard InChI is InChI=1S/C12H19F3N2O2S/c13-12(14,15)8-19-7-9(18)17-11(10(16)20)5-3-1-2-4-6-11/h1-8H2,(H2,16,20)(H,17,18). The summed E-state index contributed by atoms with van der Waals surface area (Å²) < 4.78 is 40.1. The average molecular weight is 312 g/mol. The van der Waals surface area contributed by atoms with Crippen molar-refractivity contribution in [2.75, 3.05) is 13.2 Å². The molecule has 1 aliphatic carbocycles. The number of nitrogens with one attached hydrogen (secondary N) is 1.